The molecule has 8 atom stereocenters. The van der Waals surface area contributed by atoms with Crippen LogP contribution in [0.5, 0.6) is 0 Å². The summed E-state index contributed by atoms with van der Waals surface area (Å²) in [5.74, 6) is 1.78. The third-order valence-corrected chi connectivity index (χ3v) is 10.4. The smallest absolute Gasteiger partial charge is 0.309 e. The molecule has 3 fully saturated rings. The fraction of sp³-hybridized carbons (Fsp3) is 0.677. The third kappa shape index (κ3) is 4.47. The number of benzene rings is 1. The number of fused-ring (bicyclic) bond motifs is 5. The van der Waals surface area contributed by atoms with Gasteiger partial charge in [0.05, 0.1) is 5.92 Å². The van der Waals surface area contributed by atoms with Gasteiger partial charge in [-0.15, -0.1) is 0 Å². The van der Waals surface area contributed by atoms with E-state index in [1.54, 1.807) is 0 Å². The van der Waals surface area contributed by atoms with E-state index in [1.807, 2.05) is 25.1 Å². The van der Waals surface area contributed by atoms with E-state index in [2.05, 4.69) is 32.1 Å². The lowest BCUT2D eigenvalue weighted by molar-refractivity contribution is -0.160. The van der Waals surface area contributed by atoms with Crippen LogP contribution in [0.25, 0.3) is 0 Å². The van der Waals surface area contributed by atoms with Crippen LogP contribution in [0.15, 0.2) is 42.0 Å². The highest BCUT2D eigenvalue weighted by atomic mass is 16.5. The van der Waals surface area contributed by atoms with Gasteiger partial charge in [-0.2, -0.15) is 0 Å². The van der Waals surface area contributed by atoms with Crippen molar-refractivity contribution in [2.45, 2.75) is 97.7 Å². The van der Waals surface area contributed by atoms with Crippen LogP contribution < -0.4 is 0 Å². The minimum absolute atomic E-state index is 0.0181. The van der Waals surface area contributed by atoms with Crippen molar-refractivity contribution >= 4 is 11.9 Å². The number of hydrogen-bond acceptors (Lipinski definition) is 4. The average molecular weight is 479 g/mol. The van der Waals surface area contributed by atoms with E-state index in [4.69, 9.17) is 9.47 Å². The summed E-state index contributed by atoms with van der Waals surface area (Å²) < 4.78 is 11.6. The van der Waals surface area contributed by atoms with Gasteiger partial charge in [-0.3, -0.25) is 9.59 Å². The Hall–Kier alpha value is -2.10. The molecular weight excluding hydrogens is 436 g/mol. The van der Waals surface area contributed by atoms with Gasteiger partial charge in [0.1, 0.15) is 12.2 Å². The molecule has 0 saturated heterocycles. The molecule has 0 amide bonds. The Balaban J connectivity index is 1.27. The van der Waals surface area contributed by atoms with Gasteiger partial charge in [0.2, 0.25) is 0 Å². The third-order valence-electron chi connectivity index (χ3n) is 10.4. The van der Waals surface area contributed by atoms with Crippen molar-refractivity contribution in [1.29, 1.82) is 0 Å². The SMILES string of the molecule is CC(=O)O[C@H]1CC[C@@]2(C)C(=CC[C@H]3[C@@H]4CC[C@H](C(=O)O[C@H](C)Cc5ccccc5)[C@@]4(C)CC[C@@H]32)C1. The first kappa shape index (κ1) is 24.6. The monoisotopic (exact) mass is 478 g/mol. The Morgan fingerprint density at radius 1 is 1.03 bits per heavy atom. The molecule has 4 aliphatic rings. The van der Waals surface area contributed by atoms with E-state index in [0.29, 0.717) is 17.8 Å². The minimum atomic E-state index is -0.164. The summed E-state index contributed by atoms with van der Waals surface area (Å²) in [6, 6.07) is 10.3. The van der Waals surface area contributed by atoms with Gasteiger partial charge in [0.15, 0.2) is 0 Å². The van der Waals surface area contributed by atoms with Crippen molar-refractivity contribution in [3.05, 3.63) is 47.5 Å². The standard InChI is InChI=1S/C31H42O4/c1-20(18-22-8-6-5-7-9-22)34-29(33)28-13-12-26-25-11-10-23-19-24(35-21(2)32)14-16-30(23,3)27(25)15-17-31(26,28)4/h5-10,20,24-28H,11-19H2,1-4H3/t20-,24+,25+,26+,27+,28-,30+,31+/m1/s1. The Bertz CT molecular complexity index is 983. The molecule has 4 aliphatic carbocycles. The van der Waals surface area contributed by atoms with E-state index in [1.165, 1.54) is 24.5 Å². The maximum atomic E-state index is 13.4. The highest BCUT2D eigenvalue weighted by Crippen LogP contribution is 2.66. The maximum Gasteiger partial charge on any atom is 0.309 e. The largest absolute Gasteiger partial charge is 0.462 e. The zero-order valence-corrected chi connectivity index (χ0v) is 21.9. The lowest BCUT2D eigenvalue weighted by Gasteiger charge is -2.57. The van der Waals surface area contributed by atoms with Crippen LogP contribution >= 0.6 is 0 Å². The highest BCUT2D eigenvalue weighted by Gasteiger charge is 2.60. The zero-order chi connectivity index (χ0) is 24.8. The van der Waals surface area contributed by atoms with Crippen molar-refractivity contribution in [3.8, 4) is 0 Å². The second kappa shape index (κ2) is 9.41. The van der Waals surface area contributed by atoms with Crippen molar-refractivity contribution in [2.24, 2.45) is 34.5 Å². The van der Waals surface area contributed by atoms with Gasteiger partial charge >= 0.3 is 11.9 Å². The number of rotatable bonds is 5. The van der Waals surface area contributed by atoms with Crippen molar-refractivity contribution in [3.63, 3.8) is 0 Å². The summed E-state index contributed by atoms with van der Waals surface area (Å²) in [4.78, 5) is 24.9. The quantitative estimate of drug-likeness (QED) is 0.350. The molecule has 0 unspecified atom stereocenters. The van der Waals surface area contributed by atoms with Crippen LogP contribution in [-0.2, 0) is 25.5 Å². The van der Waals surface area contributed by atoms with E-state index in [-0.39, 0.29) is 40.9 Å². The second-order valence-electron chi connectivity index (χ2n) is 12.3. The molecule has 0 N–H and O–H groups in total. The lowest BCUT2D eigenvalue weighted by Crippen LogP contribution is -2.51. The molecule has 4 heteroatoms. The number of carbonyl (C=O) groups excluding carboxylic acids is 2. The molecular formula is C31H42O4. The van der Waals surface area contributed by atoms with Crippen molar-refractivity contribution in [1.82, 2.24) is 0 Å². The molecule has 0 aliphatic heterocycles. The Kier molecular flexibility index (Phi) is 6.61. The highest BCUT2D eigenvalue weighted by molar-refractivity contribution is 5.74. The molecule has 0 heterocycles. The summed E-state index contributed by atoms with van der Waals surface area (Å²) >= 11 is 0. The fourth-order valence-electron chi connectivity index (χ4n) is 8.62. The van der Waals surface area contributed by atoms with Crippen LogP contribution in [-0.4, -0.2) is 24.1 Å². The Labute approximate surface area is 210 Å². The van der Waals surface area contributed by atoms with Crippen LogP contribution in [0.4, 0.5) is 0 Å². The Morgan fingerprint density at radius 2 is 1.80 bits per heavy atom. The molecule has 190 valence electrons. The molecule has 0 aromatic heterocycles. The molecule has 3 saturated carbocycles. The summed E-state index contributed by atoms with van der Waals surface area (Å²) in [6.07, 6.45) is 11.7. The first-order chi connectivity index (χ1) is 16.7. The number of carbonyl (C=O) groups is 2. The minimum Gasteiger partial charge on any atom is -0.462 e. The van der Waals surface area contributed by atoms with Gasteiger partial charge < -0.3 is 9.47 Å². The van der Waals surface area contributed by atoms with Crippen LogP contribution in [0.3, 0.4) is 0 Å². The summed E-state index contributed by atoms with van der Waals surface area (Å²) in [5.41, 5.74) is 2.99. The molecule has 0 bridgehead atoms. The van der Waals surface area contributed by atoms with Gasteiger partial charge in [0, 0.05) is 19.8 Å². The van der Waals surface area contributed by atoms with Gasteiger partial charge in [0.25, 0.3) is 0 Å². The van der Waals surface area contributed by atoms with Crippen LogP contribution in [0, 0.1) is 34.5 Å². The molecule has 35 heavy (non-hydrogen) atoms. The first-order valence-electron chi connectivity index (χ1n) is 13.8. The van der Waals surface area contributed by atoms with Crippen molar-refractivity contribution < 1.29 is 19.1 Å². The van der Waals surface area contributed by atoms with Gasteiger partial charge in [-0.25, -0.2) is 0 Å². The summed E-state index contributed by atoms with van der Waals surface area (Å²) in [5, 5.41) is 0. The molecule has 5 rings (SSSR count). The van der Waals surface area contributed by atoms with Crippen LogP contribution in [0.1, 0.15) is 84.6 Å². The maximum absolute atomic E-state index is 13.4. The lowest BCUT2D eigenvalue weighted by atomic mass is 9.47. The zero-order valence-electron chi connectivity index (χ0n) is 21.9. The van der Waals surface area contributed by atoms with E-state index in [0.717, 1.165) is 51.4 Å². The van der Waals surface area contributed by atoms with Crippen LogP contribution in [0.2, 0.25) is 0 Å². The fourth-order valence-corrected chi connectivity index (χ4v) is 8.62. The molecule has 1 aromatic carbocycles. The number of allylic oxidation sites excluding steroid dienone is 1. The average Bonchev–Trinajstić information content (AvgIpc) is 3.17. The number of hydrogen-bond donors (Lipinski definition) is 0. The first-order valence-corrected chi connectivity index (χ1v) is 13.8. The molecule has 0 spiro atoms. The van der Waals surface area contributed by atoms with Crippen molar-refractivity contribution in [2.75, 3.05) is 0 Å². The van der Waals surface area contributed by atoms with E-state index in [9.17, 15) is 9.59 Å². The van der Waals surface area contributed by atoms with E-state index < -0.39 is 0 Å². The summed E-state index contributed by atoms with van der Waals surface area (Å²) in [6.45, 7) is 8.39. The predicted molar refractivity (Wildman–Crippen MR) is 136 cm³/mol. The number of esters is 2. The molecule has 4 nitrogen and oxygen atoms in total. The second-order valence-corrected chi connectivity index (χ2v) is 12.3. The predicted octanol–water partition coefficient (Wildman–Crippen LogP) is 6.67. The topological polar surface area (TPSA) is 52.6 Å². The van der Waals surface area contributed by atoms with Gasteiger partial charge in [-0.1, -0.05) is 55.8 Å². The molecule has 1 aromatic rings. The summed E-state index contributed by atoms with van der Waals surface area (Å²) in [7, 11) is 0. The van der Waals surface area contributed by atoms with E-state index >= 15 is 0 Å². The molecule has 0 radical (unpaired) electrons. The Morgan fingerprint density at radius 3 is 2.54 bits per heavy atom. The normalized spacial score (nSPS) is 38.9. The van der Waals surface area contributed by atoms with Gasteiger partial charge in [-0.05, 0) is 86.0 Å². The number of ether oxygens (including phenoxy) is 2.